The zero-order chi connectivity index (χ0) is 12.3. The Balaban J connectivity index is 1.85. The lowest BCUT2D eigenvalue weighted by molar-refractivity contribution is 0.316. The Kier molecular flexibility index (Phi) is 4.97. The first kappa shape index (κ1) is 13.5. The van der Waals surface area contributed by atoms with Crippen LogP contribution in [0.1, 0.15) is 46.0 Å². The average Bonchev–Trinajstić information content (AvgIpc) is 2.34. The van der Waals surface area contributed by atoms with Gasteiger partial charge in [0.15, 0.2) is 5.11 Å². The van der Waals surface area contributed by atoms with Gasteiger partial charge in [0.1, 0.15) is 0 Å². The lowest BCUT2D eigenvalue weighted by Gasteiger charge is -2.40. The molecular formula is C13H24N2S2. The molecule has 2 nitrogen and oxygen atoms in total. The third-order valence-electron chi connectivity index (χ3n) is 4.08. The van der Waals surface area contributed by atoms with Crippen LogP contribution in [0.5, 0.6) is 0 Å². The Morgan fingerprint density at radius 3 is 2.65 bits per heavy atom. The van der Waals surface area contributed by atoms with Gasteiger partial charge < -0.3 is 10.2 Å². The summed E-state index contributed by atoms with van der Waals surface area (Å²) in [6.45, 7) is 5.71. The smallest absolute Gasteiger partial charge is 0.169 e. The molecule has 4 heteroatoms. The highest BCUT2D eigenvalue weighted by atomic mass is 32.2. The third-order valence-corrected chi connectivity index (χ3v) is 5.77. The first-order chi connectivity index (χ1) is 8.18. The summed E-state index contributed by atoms with van der Waals surface area (Å²) < 4.78 is 0. The molecule has 0 aromatic carbocycles. The van der Waals surface area contributed by atoms with Crippen molar-refractivity contribution in [2.45, 2.75) is 63.3 Å². The normalized spacial score (nSPS) is 31.3. The monoisotopic (exact) mass is 272 g/mol. The predicted octanol–water partition coefficient (Wildman–Crippen LogP) is 3.02. The number of thioether (sulfide) groups is 1. The lowest BCUT2D eigenvalue weighted by Crippen LogP contribution is -2.53. The second kappa shape index (κ2) is 6.28. The van der Waals surface area contributed by atoms with E-state index in [4.69, 9.17) is 12.2 Å². The highest BCUT2D eigenvalue weighted by Crippen LogP contribution is 2.25. The molecule has 1 heterocycles. The first-order valence-corrected chi connectivity index (χ1v) is 8.33. The fourth-order valence-corrected chi connectivity index (χ4v) is 4.25. The van der Waals surface area contributed by atoms with E-state index in [1.807, 2.05) is 0 Å². The second-order valence-corrected chi connectivity index (χ2v) is 7.17. The van der Waals surface area contributed by atoms with Crippen LogP contribution in [-0.2, 0) is 0 Å². The molecule has 0 radical (unpaired) electrons. The van der Waals surface area contributed by atoms with Crippen LogP contribution in [0.15, 0.2) is 0 Å². The first-order valence-electron chi connectivity index (χ1n) is 6.87. The van der Waals surface area contributed by atoms with Gasteiger partial charge in [-0.2, -0.15) is 11.8 Å². The zero-order valence-electron chi connectivity index (χ0n) is 10.9. The van der Waals surface area contributed by atoms with Crippen molar-refractivity contribution in [3.8, 4) is 0 Å². The molecule has 0 amide bonds. The minimum absolute atomic E-state index is 0.567. The largest absolute Gasteiger partial charge is 0.360 e. The highest BCUT2D eigenvalue weighted by Gasteiger charge is 2.27. The van der Waals surface area contributed by atoms with E-state index < -0.39 is 0 Å². The van der Waals surface area contributed by atoms with E-state index in [-0.39, 0.29) is 0 Å². The van der Waals surface area contributed by atoms with Gasteiger partial charge in [-0.3, -0.25) is 0 Å². The van der Waals surface area contributed by atoms with E-state index >= 15 is 0 Å². The quantitative estimate of drug-likeness (QED) is 0.738. The van der Waals surface area contributed by atoms with Crippen LogP contribution in [0.25, 0.3) is 0 Å². The van der Waals surface area contributed by atoms with Crippen LogP contribution >= 0.6 is 24.0 Å². The van der Waals surface area contributed by atoms with E-state index in [1.165, 1.54) is 37.9 Å². The molecule has 0 aromatic heterocycles. The fourth-order valence-electron chi connectivity index (χ4n) is 2.72. The van der Waals surface area contributed by atoms with E-state index in [1.54, 1.807) is 0 Å². The van der Waals surface area contributed by atoms with Crippen molar-refractivity contribution in [1.82, 2.24) is 10.2 Å². The van der Waals surface area contributed by atoms with Crippen molar-refractivity contribution in [3.63, 3.8) is 0 Å². The van der Waals surface area contributed by atoms with Crippen molar-refractivity contribution >= 4 is 29.1 Å². The van der Waals surface area contributed by atoms with Gasteiger partial charge in [-0.05, 0) is 32.0 Å². The van der Waals surface area contributed by atoms with Gasteiger partial charge in [-0.15, -0.1) is 0 Å². The van der Waals surface area contributed by atoms with Crippen molar-refractivity contribution < 1.29 is 0 Å². The summed E-state index contributed by atoms with van der Waals surface area (Å²) in [7, 11) is 0. The van der Waals surface area contributed by atoms with E-state index in [9.17, 15) is 0 Å². The highest BCUT2D eigenvalue weighted by molar-refractivity contribution is 8.00. The van der Waals surface area contributed by atoms with Gasteiger partial charge in [0, 0.05) is 29.6 Å². The third kappa shape index (κ3) is 3.50. The number of rotatable bonds is 1. The molecule has 0 aromatic rings. The summed E-state index contributed by atoms with van der Waals surface area (Å²) >= 11 is 7.65. The molecule has 0 spiro atoms. The van der Waals surface area contributed by atoms with Crippen LogP contribution in [0, 0.1) is 0 Å². The second-order valence-electron chi connectivity index (χ2n) is 5.29. The number of thiocarbonyl (C=S) groups is 1. The number of nitrogens with one attached hydrogen (secondary N) is 1. The Bertz CT molecular complexity index is 264. The van der Waals surface area contributed by atoms with Gasteiger partial charge in [-0.1, -0.05) is 26.2 Å². The number of hydrogen-bond acceptors (Lipinski definition) is 2. The van der Waals surface area contributed by atoms with Gasteiger partial charge in [-0.25, -0.2) is 0 Å². The van der Waals surface area contributed by atoms with Crippen LogP contribution in [0.2, 0.25) is 0 Å². The summed E-state index contributed by atoms with van der Waals surface area (Å²) in [5.41, 5.74) is 0. The zero-order valence-corrected chi connectivity index (χ0v) is 12.6. The van der Waals surface area contributed by atoms with Gasteiger partial charge in [0.2, 0.25) is 0 Å². The van der Waals surface area contributed by atoms with Crippen LogP contribution in [0.4, 0.5) is 0 Å². The van der Waals surface area contributed by atoms with Crippen molar-refractivity contribution in [1.29, 1.82) is 0 Å². The van der Waals surface area contributed by atoms with Crippen LogP contribution in [0.3, 0.4) is 0 Å². The summed E-state index contributed by atoms with van der Waals surface area (Å²) in [6, 6.07) is 1.20. The number of hydrogen-bond donors (Lipinski definition) is 1. The maximum absolute atomic E-state index is 5.59. The standard InChI is InChI=1S/C13H24N2S2/c1-10-11(2)17-9-8-15(10)13(16)14-12-6-4-3-5-7-12/h10-12H,3-9H2,1-2H3,(H,14,16). The maximum atomic E-state index is 5.59. The van der Waals surface area contributed by atoms with Gasteiger partial charge >= 0.3 is 0 Å². The molecule has 2 rings (SSSR count). The molecule has 1 aliphatic carbocycles. The molecule has 0 bridgehead atoms. The van der Waals surface area contributed by atoms with Crippen LogP contribution in [-0.4, -0.2) is 39.6 Å². The molecule has 1 saturated heterocycles. The lowest BCUT2D eigenvalue weighted by atomic mass is 9.96. The molecule has 1 N–H and O–H groups in total. The molecule has 2 atom stereocenters. The average molecular weight is 272 g/mol. The fraction of sp³-hybridized carbons (Fsp3) is 0.923. The summed E-state index contributed by atoms with van der Waals surface area (Å²) in [5.74, 6) is 1.21. The molecule has 2 fully saturated rings. The Morgan fingerprint density at radius 1 is 1.24 bits per heavy atom. The molecule has 2 unspecified atom stereocenters. The van der Waals surface area contributed by atoms with E-state index in [2.05, 4.69) is 35.8 Å². The van der Waals surface area contributed by atoms with Gasteiger partial charge in [0.05, 0.1) is 0 Å². The van der Waals surface area contributed by atoms with E-state index in [0.29, 0.717) is 17.3 Å². The molecular weight excluding hydrogens is 248 g/mol. The molecule has 1 saturated carbocycles. The summed E-state index contributed by atoms with van der Waals surface area (Å²) in [6.07, 6.45) is 6.72. The Morgan fingerprint density at radius 2 is 1.94 bits per heavy atom. The van der Waals surface area contributed by atoms with E-state index in [0.717, 1.165) is 11.7 Å². The molecule has 2 aliphatic rings. The topological polar surface area (TPSA) is 15.3 Å². The minimum Gasteiger partial charge on any atom is -0.360 e. The SMILES string of the molecule is CC1SCCN(C(=S)NC2CCCCC2)C1C. The maximum Gasteiger partial charge on any atom is 0.169 e. The van der Waals surface area contributed by atoms with Gasteiger partial charge in [0.25, 0.3) is 0 Å². The number of nitrogens with zero attached hydrogens (tertiary/aromatic N) is 1. The van der Waals surface area contributed by atoms with Crippen LogP contribution < -0.4 is 5.32 Å². The predicted molar refractivity (Wildman–Crippen MR) is 80.7 cm³/mol. The Hall–Kier alpha value is 0.0400. The molecule has 17 heavy (non-hydrogen) atoms. The summed E-state index contributed by atoms with van der Waals surface area (Å²) in [5, 5.41) is 5.27. The van der Waals surface area contributed by atoms with Crippen molar-refractivity contribution in [3.05, 3.63) is 0 Å². The molecule has 98 valence electrons. The minimum atomic E-state index is 0.567. The Labute approximate surface area is 115 Å². The van der Waals surface area contributed by atoms with Crippen molar-refractivity contribution in [2.75, 3.05) is 12.3 Å². The summed E-state index contributed by atoms with van der Waals surface area (Å²) in [4.78, 5) is 2.39. The molecule has 1 aliphatic heterocycles. The van der Waals surface area contributed by atoms with Crippen molar-refractivity contribution in [2.24, 2.45) is 0 Å².